The van der Waals surface area contributed by atoms with Gasteiger partial charge in [-0.2, -0.15) is 0 Å². The largest absolute Gasteiger partial charge is 0.361 e. The molecule has 0 saturated heterocycles. The van der Waals surface area contributed by atoms with Crippen LogP contribution in [0.5, 0.6) is 0 Å². The molecule has 0 unspecified atom stereocenters. The molecule has 2 aromatic rings. The second kappa shape index (κ2) is 3.29. The van der Waals surface area contributed by atoms with Gasteiger partial charge in [-0.1, -0.05) is 26.0 Å². The van der Waals surface area contributed by atoms with Gasteiger partial charge < -0.3 is 4.98 Å². The molecule has 0 atom stereocenters. The van der Waals surface area contributed by atoms with E-state index in [2.05, 4.69) is 4.98 Å². The summed E-state index contributed by atoms with van der Waals surface area (Å²) in [5.74, 6) is 0.238. The molecule has 0 aliphatic heterocycles. The van der Waals surface area contributed by atoms with Crippen molar-refractivity contribution in [2.75, 3.05) is 0 Å². The number of Topliss-reactive ketones (excluding diaryl/α,β-unsaturated/α-hetero) is 1. The number of aromatic amines is 1. The van der Waals surface area contributed by atoms with Gasteiger partial charge in [0.25, 0.3) is 0 Å². The first kappa shape index (κ1) is 9.00. The fourth-order valence-corrected chi connectivity index (χ4v) is 1.60. The topological polar surface area (TPSA) is 32.9 Å². The maximum absolute atomic E-state index is 11.8. The Morgan fingerprint density at radius 1 is 1.29 bits per heavy atom. The van der Waals surface area contributed by atoms with E-state index in [-0.39, 0.29) is 11.7 Å². The molecule has 72 valence electrons. The summed E-state index contributed by atoms with van der Waals surface area (Å²) in [5.41, 5.74) is 1.74. The van der Waals surface area contributed by atoms with E-state index in [1.807, 2.05) is 44.3 Å². The molecule has 2 rings (SSSR count). The molecule has 0 aliphatic rings. The van der Waals surface area contributed by atoms with E-state index < -0.39 is 0 Å². The van der Waals surface area contributed by atoms with Crippen LogP contribution >= 0.6 is 0 Å². The van der Waals surface area contributed by atoms with E-state index in [0.717, 1.165) is 16.5 Å². The van der Waals surface area contributed by atoms with Crippen LogP contribution in [0, 0.1) is 5.92 Å². The van der Waals surface area contributed by atoms with Crippen molar-refractivity contribution in [2.45, 2.75) is 13.8 Å². The number of benzene rings is 1. The molecule has 2 nitrogen and oxygen atoms in total. The number of carbonyl (C=O) groups is 1. The Morgan fingerprint density at radius 3 is 2.79 bits per heavy atom. The first-order valence-corrected chi connectivity index (χ1v) is 4.80. The maximum atomic E-state index is 11.8. The van der Waals surface area contributed by atoms with E-state index in [9.17, 15) is 4.79 Å². The average Bonchev–Trinajstić information content (AvgIpc) is 2.63. The molecule has 0 bridgehead atoms. The maximum Gasteiger partial charge on any atom is 0.167 e. The average molecular weight is 187 g/mol. The number of aromatic nitrogens is 1. The lowest BCUT2D eigenvalue weighted by Crippen LogP contribution is -2.07. The van der Waals surface area contributed by atoms with Gasteiger partial charge in [0.05, 0.1) is 5.52 Å². The molecular formula is C12H13NO. The van der Waals surface area contributed by atoms with Gasteiger partial charge in [0, 0.05) is 23.1 Å². The number of rotatable bonds is 2. The molecule has 2 heteroatoms. The normalized spacial score (nSPS) is 11.1. The number of ketones is 1. The van der Waals surface area contributed by atoms with Crippen LogP contribution in [-0.4, -0.2) is 10.8 Å². The predicted octanol–water partition coefficient (Wildman–Crippen LogP) is 3.01. The number of nitrogens with one attached hydrogen (secondary N) is 1. The van der Waals surface area contributed by atoms with Crippen LogP contribution in [0.25, 0.3) is 10.9 Å². The Labute approximate surface area is 82.9 Å². The Hall–Kier alpha value is -1.57. The highest BCUT2D eigenvalue weighted by molar-refractivity contribution is 6.07. The summed E-state index contributed by atoms with van der Waals surface area (Å²) in [4.78, 5) is 14.9. The molecule has 0 spiro atoms. The lowest BCUT2D eigenvalue weighted by Gasteiger charge is -2.04. The summed E-state index contributed by atoms with van der Waals surface area (Å²) in [6.45, 7) is 3.84. The van der Waals surface area contributed by atoms with Gasteiger partial charge in [0.15, 0.2) is 5.78 Å². The van der Waals surface area contributed by atoms with E-state index >= 15 is 0 Å². The molecule has 1 aromatic heterocycles. The van der Waals surface area contributed by atoms with Crippen molar-refractivity contribution in [2.24, 2.45) is 5.92 Å². The molecule has 0 radical (unpaired) electrons. The van der Waals surface area contributed by atoms with Crippen molar-refractivity contribution in [1.29, 1.82) is 0 Å². The number of hydrogen-bond donors (Lipinski definition) is 1. The molecule has 0 saturated carbocycles. The van der Waals surface area contributed by atoms with Gasteiger partial charge in [0.1, 0.15) is 0 Å². The molecule has 14 heavy (non-hydrogen) atoms. The van der Waals surface area contributed by atoms with Gasteiger partial charge in [-0.05, 0) is 12.1 Å². The molecular weight excluding hydrogens is 174 g/mol. The van der Waals surface area contributed by atoms with Crippen LogP contribution < -0.4 is 0 Å². The zero-order valence-electron chi connectivity index (χ0n) is 8.37. The van der Waals surface area contributed by atoms with Gasteiger partial charge >= 0.3 is 0 Å². The van der Waals surface area contributed by atoms with Crippen molar-refractivity contribution in [3.8, 4) is 0 Å². The number of carbonyl (C=O) groups excluding carboxylic acids is 1. The SMILES string of the molecule is CC(C)C(=O)c1cccc2cc[nH]c12. The van der Waals surface area contributed by atoms with Gasteiger partial charge in [-0.25, -0.2) is 0 Å². The lowest BCUT2D eigenvalue weighted by molar-refractivity contribution is 0.0941. The predicted molar refractivity (Wildman–Crippen MR) is 57.5 cm³/mol. The first-order chi connectivity index (χ1) is 6.70. The van der Waals surface area contributed by atoms with Crippen LogP contribution in [0.1, 0.15) is 24.2 Å². The van der Waals surface area contributed by atoms with Crippen LogP contribution in [-0.2, 0) is 0 Å². The standard InChI is InChI=1S/C12H13NO/c1-8(2)12(14)10-5-3-4-9-6-7-13-11(9)10/h3-8,13H,1-2H3. The van der Waals surface area contributed by atoms with E-state index in [1.165, 1.54) is 0 Å². The first-order valence-electron chi connectivity index (χ1n) is 4.80. The molecule has 1 aromatic carbocycles. The van der Waals surface area contributed by atoms with Crippen molar-refractivity contribution in [3.05, 3.63) is 36.0 Å². The Balaban J connectivity index is 2.62. The van der Waals surface area contributed by atoms with Crippen molar-refractivity contribution in [1.82, 2.24) is 4.98 Å². The highest BCUT2D eigenvalue weighted by atomic mass is 16.1. The zero-order valence-corrected chi connectivity index (χ0v) is 8.37. The summed E-state index contributed by atoms with van der Waals surface area (Å²) >= 11 is 0. The summed E-state index contributed by atoms with van der Waals surface area (Å²) in [7, 11) is 0. The summed E-state index contributed by atoms with van der Waals surface area (Å²) < 4.78 is 0. The van der Waals surface area contributed by atoms with E-state index in [0.29, 0.717) is 0 Å². The minimum atomic E-state index is 0.0453. The van der Waals surface area contributed by atoms with E-state index in [4.69, 9.17) is 0 Å². The van der Waals surface area contributed by atoms with Crippen LogP contribution in [0.4, 0.5) is 0 Å². The second-order valence-corrected chi connectivity index (χ2v) is 3.77. The summed E-state index contributed by atoms with van der Waals surface area (Å²) in [5, 5.41) is 1.09. The van der Waals surface area contributed by atoms with Gasteiger partial charge in [0.2, 0.25) is 0 Å². The molecule has 0 amide bonds. The van der Waals surface area contributed by atoms with Crippen molar-refractivity contribution < 1.29 is 4.79 Å². The van der Waals surface area contributed by atoms with Crippen LogP contribution in [0.2, 0.25) is 0 Å². The smallest absolute Gasteiger partial charge is 0.167 e. The highest BCUT2D eigenvalue weighted by Gasteiger charge is 2.13. The third-order valence-electron chi connectivity index (χ3n) is 2.38. The number of fused-ring (bicyclic) bond motifs is 1. The Bertz CT molecular complexity index is 468. The fourth-order valence-electron chi connectivity index (χ4n) is 1.60. The fraction of sp³-hybridized carbons (Fsp3) is 0.250. The number of H-pyrrole nitrogens is 1. The highest BCUT2D eigenvalue weighted by Crippen LogP contribution is 2.19. The van der Waals surface area contributed by atoms with Gasteiger partial charge in [-0.3, -0.25) is 4.79 Å². The number of hydrogen-bond acceptors (Lipinski definition) is 1. The zero-order chi connectivity index (χ0) is 10.1. The molecule has 1 heterocycles. The minimum absolute atomic E-state index is 0.0453. The molecule has 0 aliphatic carbocycles. The van der Waals surface area contributed by atoms with Gasteiger partial charge in [-0.15, -0.1) is 0 Å². The summed E-state index contributed by atoms with van der Waals surface area (Å²) in [6.07, 6.45) is 1.86. The molecule has 0 fully saturated rings. The van der Waals surface area contributed by atoms with Crippen molar-refractivity contribution >= 4 is 16.7 Å². The van der Waals surface area contributed by atoms with Crippen LogP contribution in [0.15, 0.2) is 30.5 Å². The number of para-hydroxylation sites is 1. The lowest BCUT2D eigenvalue weighted by atomic mass is 9.99. The summed E-state index contributed by atoms with van der Waals surface area (Å²) in [6, 6.07) is 7.78. The van der Waals surface area contributed by atoms with E-state index in [1.54, 1.807) is 0 Å². The molecule has 1 N–H and O–H groups in total. The third kappa shape index (κ3) is 1.33. The van der Waals surface area contributed by atoms with Crippen LogP contribution in [0.3, 0.4) is 0 Å². The second-order valence-electron chi connectivity index (χ2n) is 3.77. The Morgan fingerprint density at radius 2 is 2.07 bits per heavy atom. The quantitative estimate of drug-likeness (QED) is 0.720. The minimum Gasteiger partial charge on any atom is -0.361 e. The Kier molecular flexibility index (Phi) is 2.12. The van der Waals surface area contributed by atoms with Crippen molar-refractivity contribution in [3.63, 3.8) is 0 Å². The monoisotopic (exact) mass is 187 g/mol. The third-order valence-corrected chi connectivity index (χ3v) is 2.38.